The lowest BCUT2D eigenvalue weighted by molar-refractivity contribution is 0.208. The van der Waals surface area contributed by atoms with E-state index >= 15 is 0 Å². The second-order valence-corrected chi connectivity index (χ2v) is 7.90. The lowest BCUT2D eigenvalue weighted by atomic mass is 10.1. The van der Waals surface area contributed by atoms with Gasteiger partial charge in [-0.1, -0.05) is 18.2 Å². The number of carbonyl (C=O) groups excluding carboxylic acids is 1. The molecule has 0 unspecified atom stereocenters. The largest absolute Gasteiger partial charge is 0.353 e. The molecule has 0 atom stereocenters. The summed E-state index contributed by atoms with van der Waals surface area (Å²) in [5.41, 5.74) is 4.62. The van der Waals surface area contributed by atoms with Crippen molar-refractivity contribution >= 4 is 17.5 Å². The van der Waals surface area contributed by atoms with Crippen molar-refractivity contribution in [2.75, 3.05) is 36.4 Å². The van der Waals surface area contributed by atoms with Crippen LogP contribution in [0.3, 0.4) is 0 Å². The third kappa shape index (κ3) is 4.82. The van der Waals surface area contributed by atoms with Crippen LogP contribution in [0.15, 0.2) is 48.5 Å². The number of rotatable bonds is 3. The van der Waals surface area contributed by atoms with Gasteiger partial charge in [0, 0.05) is 49.2 Å². The first-order valence-electron chi connectivity index (χ1n) is 10.4. The molecule has 2 amide bonds. The van der Waals surface area contributed by atoms with Gasteiger partial charge in [-0.25, -0.2) is 19.2 Å². The Bertz CT molecular complexity index is 1110. The van der Waals surface area contributed by atoms with Crippen molar-refractivity contribution in [3.8, 4) is 11.4 Å². The van der Waals surface area contributed by atoms with E-state index < -0.39 is 0 Å². The second-order valence-electron chi connectivity index (χ2n) is 7.90. The average Bonchev–Trinajstić information content (AvgIpc) is 2.76. The number of anilines is 2. The maximum Gasteiger partial charge on any atom is 0.321 e. The molecule has 1 aromatic heterocycles. The smallest absolute Gasteiger partial charge is 0.321 e. The van der Waals surface area contributed by atoms with Crippen LogP contribution in [-0.2, 0) is 0 Å². The summed E-state index contributed by atoms with van der Waals surface area (Å²) >= 11 is 0. The SMILES string of the molecule is Cc1cc(N2CCN(C(=O)Nc3ccc(C)c(C)c3)CC2)nc(-c2cccc(F)c2)n1. The molecule has 0 aliphatic carbocycles. The zero-order valence-corrected chi connectivity index (χ0v) is 18.0. The van der Waals surface area contributed by atoms with Gasteiger partial charge in [-0.2, -0.15) is 0 Å². The number of nitrogens with one attached hydrogen (secondary N) is 1. The number of amides is 2. The number of hydrogen-bond donors (Lipinski definition) is 1. The number of piperazine rings is 1. The van der Waals surface area contributed by atoms with Crippen LogP contribution in [0.25, 0.3) is 11.4 Å². The van der Waals surface area contributed by atoms with Gasteiger partial charge >= 0.3 is 6.03 Å². The molecule has 160 valence electrons. The van der Waals surface area contributed by atoms with Crippen LogP contribution in [0.5, 0.6) is 0 Å². The third-order valence-electron chi connectivity index (χ3n) is 5.57. The van der Waals surface area contributed by atoms with Gasteiger partial charge in [-0.05, 0) is 56.2 Å². The lowest BCUT2D eigenvalue weighted by Crippen LogP contribution is -2.50. The van der Waals surface area contributed by atoms with E-state index in [1.54, 1.807) is 12.1 Å². The van der Waals surface area contributed by atoms with E-state index in [0.29, 0.717) is 37.6 Å². The van der Waals surface area contributed by atoms with Gasteiger partial charge in [0.25, 0.3) is 0 Å². The van der Waals surface area contributed by atoms with Crippen molar-refractivity contribution < 1.29 is 9.18 Å². The van der Waals surface area contributed by atoms with Crippen LogP contribution in [-0.4, -0.2) is 47.1 Å². The van der Waals surface area contributed by atoms with Crippen molar-refractivity contribution in [2.45, 2.75) is 20.8 Å². The van der Waals surface area contributed by atoms with Crippen LogP contribution >= 0.6 is 0 Å². The predicted molar refractivity (Wildman–Crippen MR) is 121 cm³/mol. The van der Waals surface area contributed by atoms with Gasteiger partial charge in [0.2, 0.25) is 0 Å². The molecule has 0 radical (unpaired) electrons. The Hall–Kier alpha value is -3.48. The topological polar surface area (TPSA) is 61.4 Å². The molecule has 6 nitrogen and oxygen atoms in total. The molecule has 3 aromatic rings. The highest BCUT2D eigenvalue weighted by atomic mass is 19.1. The van der Waals surface area contributed by atoms with Crippen molar-refractivity contribution in [1.82, 2.24) is 14.9 Å². The van der Waals surface area contributed by atoms with Crippen LogP contribution in [0.4, 0.5) is 20.7 Å². The molecule has 0 bridgehead atoms. The minimum absolute atomic E-state index is 0.0952. The number of nitrogens with zero attached hydrogens (tertiary/aromatic N) is 4. The number of urea groups is 1. The molecule has 7 heteroatoms. The molecule has 1 aliphatic rings. The lowest BCUT2D eigenvalue weighted by Gasteiger charge is -2.35. The first-order valence-corrected chi connectivity index (χ1v) is 10.4. The van der Waals surface area contributed by atoms with Gasteiger partial charge in [0.15, 0.2) is 5.82 Å². The molecule has 1 saturated heterocycles. The summed E-state index contributed by atoms with van der Waals surface area (Å²) < 4.78 is 13.6. The maximum atomic E-state index is 13.6. The summed E-state index contributed by atoms with van der Waals surface area (Å²) in [4.78, 5) is 25.7. The number of aryl methyl sites for hydroxylation is 3. The summed E-state index contributed by atoms with van der Waals surface area (Å²) in [5, 5.41) is 2.99. The van der Waals surface area contributed by atoms with E-state index in [2.05, 4.69) is 27.1 Å². The molecule has 0 saturated carbocycles. The monoisotopic (exact) mass is 419 g/mol. The molecular formula is C24H26FN5O. The van der Waals surface area contributed by atoms with E-state index in [9.17, 15) is 9.18 Å². The zero-order chi connectivity index (χ0) is 22.0. The summed E-state index contributed by atoms with van der Waals surface area (Å²) in [6, 6.07) is 14.1. The summed E-state index contributed by atoms with van der Waals surface area (Å²) in [5.74, 6) is 0.984. The van der Waals surface area contributed by atoms with Gasteiger partial charge in [0.1, 0.15) is 11.6 Å². The summed E-state index contributed by atoms with van der Waals surface area (Å²) in [7, 11) is 0. The fourth-order valence-corrected chi connectivity index (χ4v) is 3.63. The normalized spacial score (nSPS) is 13.9. The number of hydrogen-bond acceptors (Lipinski definition) is 4. The predicted octanol–water partition coefficient (Wildman–Crippen LogP) is 4.56. The molecule has 31 heavy (non-hydrogen) atoms. The number of carbonyl (C=O) groups is 1. The Morgan fingerprint density at radius 2 is 1.71 bits per heavy atom. The Balaban J connectivity index is 1.42. The third-order valence-corrected chi connectivity index (χ3v) is 5.57. The van der Waals surface area contributed by atoms with E-state index in [-0.39, 0.29) is 11.8 Å². The Morgan fingerprint density at radius 1 is 0.935 bits per heavy atom. The van der Waals surface area contributed by atoms with Crippen molar-refractivity contribution in [3.05, 3.63) is 71.2 Å². The molecule has 2 heterocycles. The van der Waals surface area contributed by atoms with Gasteiger partial charge in [-0.3, -0.25) is 0 Å². The Kier molecular flexibility index (Phi) is 5.84. The van der Waals surface area contributed by atoms with Gasteiger partial charge in [-0.15, -0.1) is 0 Å². The summed E-state index contributed by atoms with van der Waals surface area (Å²) in [6.45, 7) is 8.50. The molecule has 2 aromatic carbocycles. The molecule has 1 aliphatic heterocycles. The number of halogens is 1. The molecule has 1 fully saturated rings. The fourth-order valence-electron chi connectivity index (χ4n) is 3.63. The standard InChI is InChI=1S/C24H26FN5O/c1-16-7-8-21(13-17(16)2)27-24(31)30-11-9-29(10-12-30)22-14-18(3)26-23(28-22)19-5-4-6-20(25)15-19/h4-8,13-15H,9-12H2,1-3H3,(H,27,31). The Labute approximate surface area is 181 Å². The van der Waals surface area contributed by atoms with Gasteiger partial charge < -0.3 is 15.1 Å². The first-order chi connectivity index (χ1) is 14.9. The van der Waals surface area contributed by atoms with E-state index in [4.69, 9.17) is 0 Å². The Morgan fingerprint density at radius 3 is 2.42 bits per heavy atom. The van der Waals surface area contributed by atoms with E-state index in [0.717, 1.165) is 22.8 Å². The highest BCUT2D eigenvalue weighted by molar-refractivity contribution is 5.89. The molecule has 4 rings (SSSR count). The van der Waals surface area contributed by atoms with Crippen molar-refractivity contribution in [2.24, 2.45) is 0 Å². The second kappa shape index (κ2) is 8.71. The molecule has 1 N–H and O–H groups in total. The average molecular weight is 420 g/mol. The molecule has 0 spiro atoms. The van der Waals surface area contributed by atoms with Crippen molar-refractivity contribution in [3.63, 3.8) is 0 Å². The molecular weight excluding hydrogens is 393 g/mol. The zero-order valence-electron chi connectivity index (χ0n) is 18.0. The van der Waals surface area contributed by atoms with Crippen LogP contribution in [0, 0.1) is 26.6 Å². The fraction of sp³-hybridized carbons (Fsp3) is 0.292. The van der Waals surface area contributed by atoms with E-state index in [1.807, 2.05) is 43.0 Å². The van der Waals surface area contributed by atoms with Gasteiger partial charge in [0.05, 0.1) is 0 Å². The highest BCUT2D eigenvalue weighted by Crippen LogP contribution is 2.22. The van der Waals surface area contributed by atoms with Crippen LogP contribution in [0.2, 0.25) is 0 Å². The van der Waals surface area contributed by atoms with Crippen LogP contribution in [0.1, 0.15) is 16.8 Å². The quantitative estimate of drug-likeness (QED) is 0.676. The summed E-state index contributed by atoms with van der Waals surface area (Å²) in [6.07, 6.45) is 0. The van der Waals surface area contributed by atoms with Crippen molar-refractivity contribution in [1.29, 1.82) is 0 Å². The van der Waals surface area contributed by atoms with E-state index in [1.165, 1.54) is 17.7 Å². The maximum absolute atomic E-state index is 13.6. The highest BCUT2D eigenvalue weighted by Gasteiger charge is 2.23. The number of benzene rings is 2. The minimum atomic E-state index is -0.312. The minimum Gasteiger partial charge on any atom is -0.353 e. The first kappa shape index (κ1) is 20.8. The van der Waals surface area contributed by atoms with Crippen LogP contribution < -0.4 is 10.2 Å². The number of aromatic nitrogens is 2.